The molecule has 21 heavy (non-hydrogen) atoms. The topological polar surface area (TPSA) is 61.4 Å². The van der Waals surface area contributed by atoms with E-state index in [0.29, 0.717) is 17.7 Å². The number of phenolic OH excluding ortho intramolecular Hbond substituents is 1. The fraction of sp³-hybridized carbons (Fsp3) is 0.235. The lowest BCUT2D eigenvalue weighted by Crippen LogP contribution is -2.24. The van der Waals surface area contributed by atoms with Gasteiger partial charge in [-0.15, -0.1) is 0 Å². The van der Waals surface area contributed by atoms with Crippen LogP contribution >= 0.6 is 0 Å². The van der Waals surface area contributed by atoms with Crippen LogP contribution in [-0.2, 0) is 6.54 Å². The lowest BCUT2D eigenvalue weighted by atomic mass is 10.1. The number of hydrogen-bond donors (Lipinski definition) is 3. The van der Waals surface area contributed by atoms with E-state index in [9.17, 15) is 9.90 Å². The van der Waals surface area contributed by atoms with E-state index < -0.39 is 0 Å². The Hall–Kier alpha value is -2.49. The Morgan fingerprint density at radius 1 is 1.10 bits per heavy atom. The van der Waals surface area contributed by atoms with Crippen molar-refractivity contribution in [2.24, 2.45) is 0 Å². The predicted octanol–water partition coefficient (Wildman–Crippen LogP) is 3.14. The van der Waals surface area contributed by atoms with E-state index in [-0.39, 0.29) is 17.7 Å². The normalized spacial score (nSPS) is 10.4. The molecule has 0 saturated heterocycles. The lowest BCUT2D eigenvalue weighted by Gasteiger charge is -2.14. The Morgan fingerprint density at radius 2 is 1.76 bits per heavy atom. The van der Waals surface area contributed by atoms with Crippen molar-refractivity contribution in [1.29, 1.82) is 0 Å². The zero-order valence-corrected chi connectivity index (χ0v) is 12.3. The van der Waals surface area contributed by atoms with Crippen LogP contribution in [-0.4, -0.2) is 17.1 Å². The molecule has 0 saturated carbocycles. The zero-order valence-electron chi connectivity index (χ0n) is 12.3. The average Bonchev–Trinajstić information content (AvgIpc) is 2.46. The smallest absolute Gasteiger partial charge is 0.253 e. The number of carbonyl (C=O) groups excluding carboxylic acids is 1. The SMILES string of the molecule is CC(C)Nc1ccccc1C(=O)NCc1ccccc1O. The predicted molar refractivity (Wildman–Crippen MR) is 84.5 cm³/mol. The van der Waals surface area contributed by atoms with Crippen LogP contribution in [0.2, 0.25) is 0 Å². The summed E-state index contributed by atoms with van der Waals surface area (Å²) >= 11 is 0. The number of carbonyl (C=O) groups is 1. The molecule has 0 heterocycles. The lowest BCUT2D eigenvalue weighted by molar-refractivity contribution is 0.0951. The second kappa shape index (κ2) is 6.79. The van der Waals surface area contributed by atoms with Crippen LogP contribution in [0.15, 0.2) is 48.5 Å². The van der Waals surface area contributed by atoms with Crippen molar-refractivity contribution in [3.63, 3.8) is 0 Å². The Labute approximate surface area is 124 Å². The number of amides is 1. The van der Waals surface area contributed by atoms with Crippen LogP contribution in [0, 0.1) is 0 Å². The minimum absolute atomic E-state index is 0.165. The van der Waals surface area contributed by atoms with Crippen molar-refractivity contribution in [3.8, 4) is 5.75 Å². The third kappa shape index (κ3) is 3.99. The maximum Gasteiger partial charge on any atom is 0.253 e. The van der Waals surface area contributed by atoms with Gasteiger partial charge in [0.1, 0.15) is 5.75 Å². The van der Waals surface area contributed by atoms with Crippen LogP contribution < -0.4 is 10.6 Å². The van der Waals surface area contributed by atoms with Crippen LogP contribution in [0.1, 0.15) is 29.8 Å². The van der Waals surface area contributed by atoms with Gasteiger partial charge >= 0.3 is 0 Å². The van der Waals surface area contributed by atoms with Crippen molar-refractivity contribution in [1.82, 2.24) is 5.32 Å². The molecule has 2 aromatic carbocycles. The van der Waals surface area contributed by atoms with Crippen LogP contribution in [0.3, 0.4) is 0 Å². The van der Waals surface area contributed by atoms with E-state index in [1.165, 1.54) is 0 Å². The van der Waals surface area contributed by atoms with Gasteiger partial charge in [-0.05, 0) is 32.0 Å². The summed E-state index contributed by atoms with van der Waals surface area (Å²) in [7, 11) is 0. The first-order valence-electron chi connectivity index (χ1n) is 6.98. The molecular weight excluding hydrogens is 264 g/mol. The Bertz CT molecular complexity index is 624. The van der Waals surface area contributed by atoms with E-state index in [2.05, 4.69) is 10.6 Å². The Morgan fingerprint density at radius 3 is 2.48 bits per heavy atom. The third-order valence-corrected chi connectivity index (χ3v) is 3.05. The molecule has 2 aromatic rings. The molecule has 4 nitrogen and oxygen atoms in total. The van der Waals surface area contributed by atoms with Crippen LogP contribution in [0.25, 0.3) is 0 Å². The molecule has 0 aliphatic heterocycles. The summed E-state index contributed by atoms with van der Waals surface area (Å²) in [4.78, 5) is 12.3. The number of rotatable bonds is 5. The fourth-order valence-electron chi connectivity index (χ4n) is 2.05. The second-order valence-corrected chi connectivity index (χ2v) is 5.16. The van der Waals surface area contributed by atoms with E-state index >= 15 is 0 Å². The molecule has 4 heteroatoms. The minimum Gasteiger partial charge on any atom is -0.508 e. The van der Waals surface area contributed by atoms with Crippen LogP contribution in [0.4, 0.5) is 5.69 Å². The van der Waals surface area contributed by atoms with Crippen molar-refractivity contribution in [3.05, 3.63) is 59.7 Å². The number of benzene rings is 2. The molecule has 2 rings (SSSR count). The largest absolute Gasteiger partial charge is 0.508 e. The molecule has 1 amide bonds. The Balaban J connectivity index is 2.09. The highest BCUT2D eigenvalue weighted by molar-refractivity contribution is 5.99. The van der Waals surface area contributed by atoms with Gasteiger partial charge in [-0.3, -0.25) is 4.79 Å². The first kappa shape index (κ1) is 14.9. The number of phenols is 1. The maximum atomic E-state index is 12.3. The van der Waals surface area contributed by atoms with Crippen LogP contribution in [0.5, 0.6) is 5.75 Å². The third-order valence-electron chi connectivity index (χ3n) is 3.05. The summed E-state index contributed by atoms with van der Waals surface area (Å²) in [6, 6.07) is 14.6. The highest BCUT2D eigenvalue weighted by atomic mass is 16.3. The minimum atomic E-state index is -0.165. The van der Waals surface area contributed by atoms with Gasteiger partial charge in [0.15, 0.2) is 0 Å². The quantitative estimate of drug-likeness (QED) is 0.790. The molecule has 0 atom stereocenters. The van der Waals surface area contributed by atoms with Gasteiger partial charge in [-0.2, -0.15) is 0 Å². The number of para-hydroxylation sites is 2. The first-order chi connectivity index (χ1) is 10.1. The molecule has 110 valence electrons. The van der Waals surface area contributed by atoms with Gasteiger partial charge < -0.3 is 15.7 Å². The molecule has 0 aliphatic carbocycles. The number of hydrogen-bond acceptors (Lipinski definition) is 3. The highest BCUT2D eigenvalue weighted by Crippen LogP contribution is 2.18. The van der Waals surface area contributed by atoms with Gasteiger partial charge in [0, 0.05) is 23.8 Å². The molecular formula is C17H20N2O2. The highest BCUT2D eigenvalue weighted by Gasteiger charge is 2.11. The second-order valence-electron chi connectivity index (χ2n) is 5.16. The molecule has 3 N–H and O–H groups in total. The van der Waals surface area contributed by atoms with E-state index in [0.717, 1.165) is 5.69 Å². The van der Waals surface area contributed by atoms with Gasteiger partial charge in [0.05, 0.1) is 5.56 Å². The summed E-state index contributed by atoms with van der Waals surface area (Å²) in [6.07, 6.45) is 0. The van der Waals surface area contributed by atoms with Crippen molar-refractivity contribution in [2.75, 3.05) is 5.32 Å². The number of anilines is 1. The molecule has 0 fully saturated rings. The van der Waals surface area contributed by atoms with Gasteiger partial charge in [0.25, 0.3) is 5.91 Å². The summed E-state index contributed by atoms with van der Waals surface area (Å²) in [5.74, 6) is 0.0217. The van der Waals surface area contributed by atoms with E-state index in [4.69, 9.17) is 0 Å². The van der Waals surface area contributed by atoms with Crippen molar-refractivity contribution in [2.45, 2.75) is 26.4 Å². The number of aromatic hydroxyl groups is 1. The fourth-order valence-corrected chi connectivity index (χ4v) is 2.05. The van der Waals surface area contributed by atoms with Crippen molar-refractivity contribution < 1.29 is 9.90 Å². The summed E-state index contributed by atoms with van der Waals surface area (Å²) < 4.78 is 0. The summed E-state index contributed by atoms with van der Waals surface area (Å²) in [5, 5.41) is 15.8. The maximum absolute atomic E-state index is 12.3. The number of nitrogens with one attached hydrogen (secondary N) is 2. The van der Waals surface area contributed by atoms with Gasteiger partial charge in [0.2, 0.25) is 0 Å². The molecule has 0 bridgehead atoms. The van der Waals surface area contributed by atoms with Crippen molar-refractivity contribution >= 4 is 11.6 Å². The summed E-state index contributed by atoms with van der Waals surface area (Å²) in [6.45, 7) is 4.34. The van der Waals surface area contributed by atoms with Gasteiger partial charge in [-0.25, -0.2) is 0 Å². The van der Waals surface area contributed by atoms with E-state index in [1.807, 2.05) is 38.1 Å². The molecule has 0 radical (unpaired) electrons. The monoisotopic (exact) mass is 284 g/mol. The standard InChI is InChI=1S/C17H20N2O2/c1-12(2)19-15-9-5-4-8-14(15)17(21)18-11-13-7-3-6-10-16(13)20/h3-10,12,19-20H,11H2,1-2H3,(H,18,21). The molecule has 0 aliphatic rings. The van der Waals surface area contributed by atoms with Gasteiger partial charge in [-0.1, -0.05) is 30.3 Å². The average molecular weight is 284 g/mol. The molecule has 0 spiro atoms. The molecule has 0 aromatic heterocycles. The first-order valence-corrected chi connectivity index (χ1v) is 6.98. The molecule has 0 unspecified atom stereocenters. The zero-order chi connectivity index (χ0) is 15.2. The van der Waals surface area contributed by atoms with E-state index in [1.54, 1.807) is 24.3 Å². The Kier molecular flexibility index (Phi) is 4.82. The summed E-state index contributed by atoms with van der Waals surface area (Å²) in [5.41, 5.74) is 2.10.